The van der Waals surface area contributed by atoms with Crippen molar-refractivity contribution in [3.63, 3.8) is 0 Å². The summed E-state index contributed by atoms with van der Waals surface area (Å²) in [5.74, 6) is -0.350. The third-order valence-corrected chi connectivity index (χ3v) is 8.29. The molecule has 0 N–H and O–H groups in total. The van der Waals surface area contributed by atoms with Gasteiger partial charge in [-0.2, -0.15) is 5.26 Å². The van der Waals surface area contributed by atoms with Crippen LogP contribution in [0.25, 0.3) is 22.0 Å². The lowest BCUT2D eigenvalue weighted by Gasteiger charge is -2.34. The number of piperazine rings is 1. The smallest absolute Gasteiger partial charge is 0.258 e. The minimum absolute atomic E-state index is 0.0131. The Morgan fingerprint density at radius 3 is 2.50 bits per heavy atom. The molecule has 0 unspecified atom stereocenters. The summed E-state index contributed by atoms with van der Waals surface area (Å²) < 4.78 is 15.3. The van der Waals surface area contributed by atoms with Gasteiger partial charge >= 0.3 is 0 Å². The monoisotopic (exact) mass is 528 g/mol. The Morgan fingerprint density at radius 2 is 1.84 bits per heavy atom. The molecule has 2 aliphatic rings. The summed E-state index contributed by atoms with van der Waals surface area (Å²) in [7, 11) is 1.89. The highest BCUT2D eigenvalue weighted by Gasteiger charge is 2.28. The number of benzene rings is 2. The van der Waals surface area contributed by atoms with Crippen molar-refractivity contribution in [3.05, 3.63) is 69.7 Å². The van der Waals surface area contributed by atoms with Gasteiger partial charge in [-0.15, -0.1) is 0 Å². The summed E-state index contributed by atoms with van der Waals surface area (Å²) in [6, 6.07) is 14.3. The van der Waals surface area contributed by atoms with Crippen molar-refractivity contribution >= 4 is 45.0 Å². The van der Waals surface area contributed by atoms with Crippen molar-refractivity contribution in [2.24, 2.45) is 0 Å². The van der Waals surface area contributed by atoms with E-state index in [1.165, 1.54) is 23.5 Å². The van der Waals surface area contributed by atoms with Gasteiger partial charge in [0.05, 0.1) is 5.69 Å². The number of carbonyl (C=O) groups excluding carboxylic acids is 1. The Morgan fingerprint density at radius 1 is 1.11 bits per heavy atom. The highest BCUT2D eigenvalue weighted by molar-refractivity contribution is 7.16. The average Bonchev–Trinajstić information content (AvgIpc) is 3.71. The standard InChI is InChI=1S/C28H25FN6O2S/c1-32(28-31-26(25(15-30)38-28)18-2-4-19(29)5-3-18)24-16-35(20-6-7-20)27(37)22-9-8-21(14-23(22)24)34-12-10-33(17-36)11-13-34/h2-5,8-9,14,16-17,20H,6-7,10-13H2,1H3. The maximum absolute atomic E-state index is 13.5. The van der Waals surface area contributed by atoms with Gasteiger partial charge in [0.25, 0.3) is 5.56 Å². The predicted octanol–water partition coefficient (Wildman–Crippen LogP) is 4.52. The van der Waals surface area contributed by atoms with Crippen LogP contribution in [0.5, 0.6) is 0 Å². The molecule has 1 aliphatic heterocycles. The van der Waals surface area contributed by atoms with E-state index in [-0.39, 0.29) is 17.4 Å². The van der Waals surface area contributed by atoms with Crippen LogP contribution in [0, 0.1) is 17.1 Å². The Hall–Kier alpha value is -4.23. The van der Waals surface area contributed by atoms with Crippen molar-refractivity contribution in [1.29, 1.82) is 5.26 Å². The number of hydrogen-bond acceptors (Lipinski definition) is 7. The molecule has 0 bridgehead atoms. The molecule has 0 spiro atoms. The Labute approximate surface area is 222 Å². The second-order valence-corrected chi connectivity index (χ2v) is 10.6. The number of amides is 1. The Kier molecular flexibility index (Phi) is 6.08. The number of pyridine rings is 1. The number of aromatic nitrogens is 2. The third kappa shape index (κ3) is 4.29. The molecule has 38 heavy (non-hydrogen) atoms. The molecule has 192 valence electrons. The van der Waals surface area contributed by atoms with Crippen LogP contribution in [0.2, 0.25) is 0 Å². The van der Waals surface area contributed by atoms with E-state index in [0.29, 0.717) is 52.8 Å². The topological polar surface area (TPSA) is 85.5 Å². The first-order valence-electron chi connectivity index (χ1n) is 12.5. The number of nitrogens with zero attached hydrogens (tertiary/aromatic N) is 6. The fraction of sp³-hybridized carbons (Fsp3) is 0.286. The van der Waals surface area contributed by atoms with Crippen molar-refractivity contribution in [3.8, 4) is 17.3 Å². The minimum atomic E-state index is -0.350. The van der Waals surface area contributed by atoms with Gasteiger partial charge in [0, 0.05) is 67.5 Å². The Balaban J connectivity index is 1.45. The van der Waals surface area contributed by atoms with Crippen molar-refractivity contribution < 1.29 is 9.18 Å². The lowest BCUT2D eigenvalue weighted by molar-refractivity contribution is -0.118. The summed E-state index contributed by atoms with van der Waals surface area (Å²) in [5.41, 5.74) is 2.98. The molecule has 10 heteroatoms. The third-order valence-electron chi connectivity index (χ3n) is 7.26. The normalized spacial score (nSPS) is 15.5. The quantitative estimate of drug-likeness (QED) is 0.342. The molecule has 6 rings (SSSR count). The lowest BCUT2D eigenvalue weighted by Crippen LogP contribution is -2.45. The van der Waals surface area contributed by atoms with Crippen LogP contribution in [0.4, 0.5) is 20.9 Å². The average molecular weight is 529 g/mol. The summed E-state index contributed by atoms with van der Waals surface area (Å²) in [5, 5.41) is 11.8. The highest BCUT2D eigenvalue weighted by Crippen LogP contribution is 2.40. The fourth-order valence-corrected chi connectivity index (χ4v) is 5.80. The van der Waals surface area contributed by atoms with Crippen LogP contribution in [0.15, 0.2) is 53.5 Å². The van der Waals surface area contributed by atoms with Gasteiger partial charge in [-0.3, -0.25) is 9.59 Å². The van der Waals surface area contributed by atoms with Crippen LogP contribution >= 0.6 is 11.3 Å². The summed E-state index contributed by atoms with van der Waals surface area (Å²) >= 11 is 1.26. The van der Waals surface area contributed by atoms with Gasteiger partial charge in [0.2, 0.25) is 6.41 Å². The van der Waals surface area contributed by atoms with Crippen molar-refractivity contribution in [2.75, 3.05) is 43.0 Å². The highest BCUT2D eigenvalue weighted by atomic mass is 32.1. The maximum atomic E-state index is 13.5. The largest absolute Gasteiger partial charge is 0.368 e. The molecule has 1 aliphatic carbocycles. The van der Waals surface area contributed by atoms with E-state index >= 15 is 0 Å². The van der Waals surface area contributed by atoms with Gasteiger partial charge in [0.15, 0.2) is 5.13 Å². The second kappa shape index (κ2) is 9.58. The van der Waals surface area contributed by atoms with E-state index < -0.39 is 0 Å². The molecular weight excluding hydrogens is 503 g/mol. The summed E-state index contributed by atoms with van der Waals surface area (Å²) in [6.07, 6.45) is 4.73. The molecule has 1 saturated heterocycles. The molecule has 8 nitrogen and oxygen atoms in total. The zero-order valence-corrected chi connectivity index (χ0v) is 21.6. The summed E-state index contributed by atoms with van der Waals surface area (Å²) in [6.45, 7) is 2.74. The van der Waals surface area contributed by atoms with Crippen molar-refractivity contribution in [2.45, 2.75) is 18.9 Å². The number of carbonyl (C=O) groups is 1. The number of anilines is 3. The van der Waals surface area contributed by atoms with E-state index in [9.17, 15) is 19.2 Å². The molecular formula is C28H25FN6O2S. The van der Waals surface area contributed by atoms with Crippen LogP contribution in [0.3, 0.4) is 0 Å². The van der Waals surface area contributed by atoms with Gasteiger partial charge in [0.1, 0.15) is 22.5 Å². The number of fused-ring (bicyclic) bond motifs is 1. The molecule has 3 heterocycles. The SMILES string of the molecule is CN(c1nc(-c2ccc(F)cc2)c(C#N)s1)c1cn(C2CC2)c(=O)c2ccc(N3CCN(C=O)CC3)cc12. The molecule has 0 atom stereocenters. The van der Waals surface area contributed by atoms with Crippen LogP contribution < -0.4 is 15.4 Å². The molecule has 2 aromatic heterocycles. The van der Waals surface area contributed by atoms with Crippen LogP contribution in [-0.4, -0.2) is 54.1 Å². The Bertz CT molecular complexity index is 1630. The second-order valence-electron chi connectivity index (χ2n) is 9.67. The first-order valence-corrected chi connectivity index (χ1v) is 13.3. The zero-order chi connectivity index (χ0) is 26.4. The van der Waals surface area contributed by atoms with E-state index in [2.05, 4.69) is 11.0 Å². The zero-order valence-electron chi connectivity index (χ0n) is 20.8. The van der Waals surface area contributed by atoms with E-state index in [1.54, 1.807) is 17.0 Å². The molecule has 1 saturated carbocycles. The van der Waals surface area contributed by atoms with E-state index in [4.69, 9.17) is 4.98 Å². The minimum Gasteiger partial charge on any atom is -0.368 e. The van der Waals surface area contributed by atoms with E-state index in [1.807, 2.05) is 40.9 Å². The van der Waals surface area contributed by atoms with Gasteiger partial charge in [-0.25, -0.2) is 9.37 Å². The van der Waals surface area contributed by atoms with Gasteiger partial charge in [-0.1, -0.05) is 11.3 Å². The van der Waals surface area contributed by atoms with Crippen molar-refractivity contribution in [1.82, 2.24) is 14.5 Å². The molecule has 1 amide bonds. The van der Waals surface area contributed by atoms with Gasteiger partial charge in [-0.05, 0) is 55.3 Å². The van der Waals surface area contributed by atoms with Crippen LogP contribution in [-0.2, 0) is 4.79 Å². The first kappa shape index (κ1) is 24.1. The fourth-order valence-electron chi connectivity index (χ4n) is 4.94. The predicted molar refractivity (Wildman–Crippen MR) is 147 cm³/mol. The number of thiazole rings is 1. The number of hydrogen-bond donors (Lipinski definition) is 0. The lowest BCUT2D eigenvalue weighted by atomic mass is 10.1. The molecule has 2 fully saturated rings. The first-order chi connectivity index (χ1) is 18.5. The number of halogens is 1. The maximum Gasteiger partial charge on any atom is 0.258 e. The molecule has 0 radical (unpaired) electrons. The summed E-state index contributed by atoms with van der Waals surface area (Å²) in [4.78, 5) is 35.7. The van der Waals surface area contributed by atoms with E-state index in [0.717, 1.165) is 36.0 Å². The molecule has 2 aromatic carbocycles. The number of rotatable bonds is 6. The van der Waals surface area contributed by atoms with Crippen LogP contribution in [0.1, 0.15) is 23.8 Å². The number of nitriles is 1. The van der Waals surface area contributed by atoms with Gasteiger partial charge < -0.3 is 19.3 Å². The molecule has 4 aromatic rings.